The average Bonchev–Trinajstić information content (AvgIpc) is 2.08. The van der Waals surface area contributed by atoms with E-state index in [1.165, 1.54) is 0 Å². The molecule has 1 N–H and O–H groups in total. The molecule has 0 aromatic rings. The molecule has 1 nitrogen and oxygen atoms in total. The van der Waals surface area contributed by atoms with Crippen molar-refractivity contribution in [3.63, 3.8) is 0 Å². The summed E-state index contributed by atoms with van der Waals surface area (Å²) in [5, 5.41) is 9.77. The first-order valence-electron chi connectivity index (χ1n) is 5.30. The van der Waals surface area contributed by atoms with E-state index in [2.05, 4.69) is 20.8 Å². The summed E-state index contributed by atoms with van der Waals surface area (Å²) in [6, 6.07) is 0. The molecule has 0 heterocycles. The molecule has 2 heteroatoms. The van der Waals surface area contributed by atoms with Gasteiger partial charge in [0.25, 0.3) is 0 Å². The summed E-state index contributed by atoms with van der Waals surface area (Å²) in [7, 11) is 0. The molecule has 0 bridgehead atoms. The fraction of sp³-hybridized carbons (Fsp3) is 1.00. The topological polar surface area (TPSA) is 20.2 Å². The van der Waals surface area contributed by atoms with Crippen LogP contribution in [0.1, 0.15) is 33.6 Å². The lowest BCUT2D eigenvalue weighted by atomic mass is 9.69. The number of halogens is 1. The number of rotatable bonds is 2. The first-order valence-corrected chi connectivity index (χ1v) is 5.83. The summed E-state index contributed by atoms with van der Waals surface area (Å²) in [5.74, 6) is 3.05. The van der Waals surface area contributed by atoms with Crippen LogP contribution in [0.25, 0.3) is 0 Å². The third kappa shape index (κ3) is 2.60. The van der Waals surface area contributed by atoms with Crippen LogP contribution in [0.2, 0.25) is 0 Å². The minimum absolute atomic E-state index is 0.105. The second kappa shape index (κ2) is 4.65. The highest BCUT2D eigenvalue weighted by Gasteiger charge is 2.34. The van der Waals surface area contributed by atoms with Gasteiger partial charge >= 0.3 is 0 Å². The molecule has 1 rings (SSSR count). The lowest BCUT2D eigenvalue weighted by Gasteiger charge is -2.39. The summed E-state index contributed by atoms with van der Waals surface area (Å²) < 4.78 is 0. The van der Waals surface area contributed by atoms with E-state index in [4.69, 9.17) is 11.6 Å². The maximum absolute atomic E-state index is 9.77. The van der Waals surface area contributed by atoms with Crippen LogP contribution in [0.5, 0.6) is 0 Å². The largest absolute Gasteiger partial charge is 0.393 e. The Morgan fingerprint density at radius 1 is 1.38 bits per heavy atom. The predicted octanol–water partition coefficient (Wildman–Crippen LogP) is 2.90. The molecule has 0 aromatic carbocycles. The summed E-state index contributed by atoms with van der Waals surface area (Å²) >= 11 is 5.95. The molecule has 1 saturated carbocycles. The third-order valence-electron chi connectivity index (χ3n) is 3.51. The van der Waals surface area contributed by atoms with Crippen LogP contribution in [0, 0.1) is 23.7 Å². The van der Waals surface area contributed by atoms with E-state index in [1.54, 1.807) is 0 Å². The van der Waals surface area contributed by atoms with Crippen molar-refractivity contribution < 1.29 is 5.11 Å². The van der Waals surface area contributed by atoms with Crippen molar-refractivity contribution in [1.29, 1.82) is 0 Å². The first-order chi connectivity index (χ1) is 6.06. The second-order valence-corrected chi connectivity index (χ2v) is 5.15. The molecule has 0 spiro atoms. The third-order valence-corrected chi connectivity index (χ3v) is 3.90. The molecule has 1 fully saturated rings. The van der Waals surface area contributed by atoms with Crippen molar-refractivity contribution in [2.24, 2.45) is 23.7 Å². The van der Waals surface area contributed by atoms with Gasteiger partial charge in [-0.25, -0.2) is 0 Å². The van der Waals surface area contributed by atoms with Crippen LogP contribution < -0.4 is 0 Å². The van der Waals surface area contributed by atoms with E-state index in [0.717, 1.165) is 18.7 Å². The Labute approximate surface area is 86.5 Å². The Balaban J connectivity index is 2.61. The number of aliphatic hydroxyl groups is 1. The summed E-state index contributed by atoms with van der Waals surface area (Å²) in [6.45, 7) is 6.58. The van der Waals surface area contributed by atoms with Gasteiger partial charge in [0.2, 0.25) is 0 Å². The predicted molar refractivity (Wildman–Crippen MR) is 56.9 cm³/mol. The maximum Gasteiger partial charge on any atom is 0.0568 e. The average molecular weight is 205 g/mol. The van der Waals surface area contributed by atoms with E-state index in [0.29, 0.717) is 23.7 Å². The zero-order valence-electron chi connectivity index (χ0n) is 8.83. The standard InChI is InChI=1S/C11H21ClO/c1-7(2)10-5-11(13)8(3)4-9(10)6-12/h7-11,13H,4-6H2,1-3H3/t8-,9+,10?,11+/m0/s1. The van der Waals surface area contributed by atoms with Gasteiger partial charge in [0, 0.05) is 5.88 Å². The zero-order chi connectivity index (χ0) is 10.0. The van der Waals surface area contributed by atoms with E-state index in [1.807, 2.05) is 0 Å². The van der Waals surface area contributed by atoms with Crippen LogP contribution in [0.3, 0.4) is 0 Å². The lowest BCUT2D eigenvalue weighted by molar-refractivity contribution is 0.0137. The quantitative estimate of drug-likeness (QED) is 0.686. The van der Waals surface area contributed by atoms with Crippen molar-refractivity contribution in [2.75, 3.05) is 5.88 Å². The molecule has 1 unspecified atom stereocenters. The molecule has 0 aromatic heterocycles. The van der Waals surface area contributed by atoms with E-state index in [-0.39, 0.29) is 6.10 Å². The van der Waals surface area contributed by atoms with Crippen molar-refractivity contribution >= 4 is 11.6 Å². The summed E-state index contributed by atoms with van der Waals surface area (Å²) in [6.07, 6.45) is 1.93. The van der Waals surface area contributed by atoms with Gasteiger partial charge in [-0.15, -0.1) is 11.6 Å². The van der Waals surface area contributed by atoms with Gasteiger partial charge in [-0.05, 0) is 36.5 Å². The Morgan fingerprint density at radius 3 is 2.46 bits per heavy atom. The lowest BCUT2D eigenvalue weighted by Crippen LogP contribution is -2.37. The van der Waals surface area contributed by atoms with Crippen molar-refractivity contribution in [3.8, 4) is 0 Å². The fourth-order valence-electron chi connectivity index (χ4n) is 2.51. The minimum Gasteiger partial charge on any atom is -0.393 e. The highest BCUT2D eigenvalue weighted by Crippen LogP contribution is 2.38. The van der Waals surface area contributed by atoms with E-state index >= 15 is 0 Å². The Hall–Kier alpha value is 0.250. The second-order valence-electron chi connectivity index (χ2n) is 4.84. The molecule has 13 heavy (non-hydrogen) atoms. The number of aliphatic hydroxyl groups excluding tert-OH is 1. The molecular weight excluding hydrogens is 184 g/mol. The van der Waals surface area contributed by atoms with Gasteiger partial charge in [-0.1, -0.05) is 20.8 Å². The maximum atomic E-state index is 9.77. The first kappa shape index (κ1) is 11.3. The van der Waals surface area contributed by atoms with Crippen LogP contribution >= 0.6 is 11.6 Å². The molecule has 0 radical (unpaired) electrons. The Morgan fingerprint density at radius 2 is 2.00 bits per heavy atom. The van der Waals surface area contributed by atoms with Crippen LogP contribution in [-0.2, 0) is 0 Å². The molecule has 0 saturated heterocycles. The summed E-state index contributed by atoms with van der Waals surface area (Å²) in [4.78, 5) is 0. The molecule has 0 amide bonds. The molecular formula is C11H21ClO. The van der Waals surface area contributed by atoms with Gasteiger partial charge in [-0.2, -0.15) is 0 Å². The summed E-state index contributed by atoms with van der Waals surface area (Å²) in [5.41, 5.74) is 0. The van der Waals surface area contributed by atoms with Crippen molar-refractivity contribution in [2.45, 2.75) is 39.7 Å². The van der Waals surface area contributed by atoms with E-state index < -0.39 is 0 Å². The van der Waals surface area contributed by atoms with Crippen LogP contribution in [-0.4, -0.2) is 17.1 Å². The highest BCUT2D eigenvalue weighted by molar-refractivity contribution is 6.18. The fourth-order valence-corrected chi connectivity index (χ4v) is 2.86. The van der Waals surface area contributed by atoms with Crippen molar-refractivity contribution in [3.05, 3.63) is 0 Å². The smallest absolute Gasteiger partial charge is 0.0568 e. The Bertz CT molecular complexity index is 158. The molecule has 1 aliphatic rings. The highest BCUT2D eigenvalue weighted by atomic mass is 35.5. The van der Waals surface area contributed by atoms with Gasteiger partial charge in [0.15, 0.2) is 0 Å². The molecule has 1 aliphatic carbocycles. The zero-order valence-corrected chi connectivity index (χ0v) is 9.59. The number of hydrogen-bond donors (Lipinski definition) is 1. The van der Waals surface area contributed by atoms with E-state index in [9.17, 15) is 5.11 Å². The molecule has 78 valence electrons. The molecule has 0 aliphatic heterocycles. The van der Waals surface area contributed by atoms with Gasteiger partial charge in [0.05, 0.1) is 6.10 Å². The Kier molecular flexibility index (Phi) is 4.06. The number of alkyl halides is 1. The van der Waals surface area contributed by atoms with Crippen LogP contribution in [0.4, 0.5) is 0 Å². The molecule has 4 atom stereocenters. The van der Waals surface area contributed by atoms with Crippen LogP contribution in [0.15, 0.2) is 0 Å². The van der Waals surface area contributed by atoms with Crippen molar-refractivity contribution in [1.82, 2.24) is 0 Å². The van der Waals surface area contributed by atoms with Gasteiger partial charge in [0.1, 0.15) is 0 Å². The minimum atomic E-state index is -0.105. The van der Waals surface area contributed by atoms with Gasteiger partial charge in [-0.3, -0.25) is 0 Å². The normalized spacial score (nSPS) is 41.1. The SMILES string of the molecule is CC(C)C1C[C@@H](O)[C@@H](C)C[C@@H]1CCl. The monoisotopic (exact) mass is 204 g/mol. The van der Waals surface area contributed by atoms with Gasteiger partial charge < -0.3 is 5.11 Å². The number of hydrogen-bond acceptors (Lipinski definition) is 1.